The molecule has 0 radical (unpaired) electrons. The first-order chi connectivity index (χ1) is 8.63. The SMILES string of the molecule is O=c1[nH]c(-c2cc(F)cc(Br)c2)nc2c1CCC2. The van der Waals surface area contributed by atoms with Crippen molar-refractivity contribution in [3.63, 3.8) is 0 Å². The molecule has 3 nitrogen and oxygen atoms in total. The Morgan fingerprint density at radius 1 is 1.28 bits per heavy atom. The van der Waals surface area contributed by atoms with E-state index in [1.54, 1.807) is 6.07 Å². The number of rotatable bonds is 1. The van der Waals surface area contributed by atoms with Crippen molar-refractivity contribution in [2.24, 2.45) is 0 Å². The Kier molecular flexibility index (Phi) is 2.78. The Morgan fingerprint density at radius 2 is 2.11 bits per heavy atom. The number of hydrogen-bond acceptors (Lipinski definition) is 2. The first-order valence-electron chi connectivity index (χ1n) is 5.72. The van der Waals surface area contributed by atoms with Crippen molar-refractivity contribution < 1.29 is 4.39 Å². The molecule has 0 atom stereocenters. The predicted molar refractivity (Wildman–Crippen MR) is 70.0 cm³/mol. The molecular formula is C13H10BrFN2O. The topological polar surface area (TPSA) is 45.8 Å². The Morgan fingerprint density at radius 3 is 2.89 bits per heavy atom. The second kappa shape index (κ2) is 4.31. The number of benzene rings is 1. The van der Waals surface area contributed by atoms with Crippen LogP contribution in [0.25, 0.3) is 11.4 Å². The Hall–Kier alpha value is -1.49. The van der Waals surface area contributed by atoms with E-state index in [0.717, 1.165) is 30.5 Å². The summed E-state index contributed by atoms with van der Waals surface area (Å²) < 4.78 is 14.0. The van der Waals surface area contributed by atoms with Crippen LogP contribution in [0.5, 0.6) is 0 Å². The first-order valence-corrected chi connectivity index (χ1v) is 6.51. The van der Waals surface area contributed by atoms with Gasteiger partial charge in [-0.25, -0.2) is 9.37 Å². The van der Waals surface area contributed by atoms with Crippen LogP contribution in [0.3, 0.4) is 0 Å². The third kappa shape index (κ3) is 1.99. The molecule has 1 heterocycles. The minimum absolute atomic E-state index is 0.104. The van der Waals surface area contributed by atoms with Gasteiger partial charge in [0.25, 0.3) is 5.56 Å². The number of halogens is 2. The smallest absolute Gasteiger partial charge is 0.254 e. The monoisotopic (exact) mass is 308 g/mol. The highest BCUT2D eigenvalue weighted by molar-refractivity contribution is 9.10. The van der Waals surface area contributed by atoms with Crippen LogP contribution in [-0.4, -0.2) is 9.97 Å². The summed E-state index contributed by atoms with van der Waals surface area (Å²) in [6.45, 7) is 0. The summed E-state index contributed by atoms with van der Waals surface area (Å²) >= 11 is 3.23. The maximum absolute atomic E-state index is 13.3. The maximum Gasteiger partial charge on any atom is 0.254 e. The fourth-order valence-corrected chi connectivity index (χ4v) is 2.73. The van der Waals surface area contributed by atoms with Crippen molar-refractivity contribution in [3.8, 4) is 11.4 Å². The van der Waals surface area contributed by atoms with Crippen molar-refractivity contribution in [2.75, 3.05) is 0 Å². The van der Waals surface area contributed by atoms with E-state index < -0.39 is 0 Å². The summed E-state index contributed by atoms with van der Waals surface area (Å²) in [5.41, 5.74) is 2.09. The molecule has 0 saturated carbocycles. The van der Waals surface area contributed by atoms with E-state index in [1.165, 1.54) is 12.1 Å². The number of hydrogen-bond donors (Lipinski definition) is 1. The summed E-state index contributed by atoms with van der Waals surface area (Å²) in [7, 11) is 0. The average molecular weight is 309 g/mol. The van der Waals surface area contributed by atoms with Gasteiger partial charge in [-0.1, -0.05) is 15.9 Å². The van der Waals surface area contributed by atoms with Gasteiger partial charge in [0.15, 0.2) is 0 Å². The summed E-state index contributed by atoms with van der Waals surface area (Å²) in [5.74, 6) is 0.0726. The van der Waals surface area contributed by atoms with Crippen LogP contribution in [0, 0.1) is 5.82 Å². The van der Waals surface area contributed by atoms with Crippen LogP contribution in [0.4, 0.5) is 4.39 Å². The largest absolute Gasteiger partial charge is 0.306 e. The Labute approximate surface area is 111 Å². The molecule has 92 valence electrons. The normalized spacial score (nSPS) is 13.7. The molecule has 0 fully saturated rings. The standard InChI is InChI=1S/C13H10BrFN2O/c14-8-4-7(5-9(15)6-8)12-16-11-3-1-2-10(11)13(18)17-12/h4-6H,1-3H2,(H,16,17,18). The lowest BCUT2D eigenvalue weighted by Crippen LogP contribution is -2.15. The number of nitrogens with zero attached hydrogens (tertiary/aromatic N) is 1. The average Bonchev–Trinajstić information content (AvgIpc) is 2.76. The van der Waals surface area contributed by atoms with Crippen molar-refractivity contribution in [3.05, 3.63) is 50.1 Å². The van der Waals surface area contributed by atoms with E-state index in [1.807, 2.05) is 0 Å². The van der Waals surface area contributed by atoms with Crippen molar-refractivity contribution in [1.82, 2.24) is 9.97 Å². The summed E-state index contributed by atoms with van der Waals surface area (Å²) in [5, 5.41) is 0. The quantitative estimate of drug-likeness (QED) is 0.880. The molecule has 1 aromatic carbocycles. The summed E-state index contributed by atoms with van der Waals surface area (Å²) in [6.07, 6.45) is 2.56. The lowest BCUT2D eigenvalue weighted by Gasteiger charge is -2.05. The molecule has 1 N–H and O–H groups in total. The fraction of sp³-hybridized carbons (Fsp3) is 0.231. The third-order valence-electron chi connectivity index (χ3n) is 3.08. The molecule has 2 aromatic rings. The van der Waals surface area contributed by atoms with E-state index >= 15 is 0 Å². The van der Waals surface area contributed by atoms with Gasteiger partial charge in [0, 0.05) is 15.6 Å². The second-order valence-corrected chi connectivity index (χ2v) is 5.27. The Balaban J connectivity index is 2.18. The van der Waals surface area contributed by atoms with Gasteiger partial charge in [-0.3, -0.25) is 4.79 Å². The highest BCUT2D eigenvalue weighted by Crippen LogP contribution is 2.23. The minimum atomic E-state index is -0.359. The zero-order valence-electron chi connectivity index (χ0n) is 9.46. The van der Waals surface area contributed by atoms with Gasteiger partial charge in [0.2, 0.25) is 0 Å². The van der Waals surface area contributed by atoms with E-state index in [-0.39, 0.29) is 11.4 Å². The third-order valence-corrected chi connectivity index (χ3v) is 3.54. The molecule has 1 aromatic heterocycles. The lowest BCUT2D eigenvalue weighted by molar-refractivity contribution is 0.627. The molecule has 0 amide bonds. The van der Waals surface area contributed by atoms with E-state index in [4.69, 9.17) is 0 Å². The zero-order valence-corrected chi connectivity index (χ0v) is 11.1. The van der Waals surface area contributed by atoms with E-state index in [0.29, 0.717) is 15.9 Å². The van der Waals surface area contributed by atoms with Gasteiger partial charge in [0.05, 0.1) is 5.69 Å². The molecule has 0 bridgehead atoms. The molecule has 0 aliphatic heterocycles. The van der Waals surface area contributed by atoms with Crippen molar-refractivity contribution >= 4 is 15.9 Å². The van der Waals surface area contributed by atoms with Gasteiger partial charge in [0.1, 0.15) is 11.6 Å². The van der Waals surface area contributed by atoms with E-state index in [9.17, 15) is 9.18 Å². The molecule has 0 unspecified atom stereocenters. The highest BCUT2D eigenvalue weighted by Gasteiger charge is 2.17. The second-order valence-electron chi connectivity index (χ2n) is 4.35. The number of nitrogens with one attached hydrogen (secondary N) is 1. The molecule has 3 rings (SSSR count). The van der Waals surface area contributed by atoms with Crippen molar-refractivity contribution in [2.45, 2.75) is 19.3 Å². The predicted octanol–water partition coefficient (Wildman–Crippen LogP) is 2.83. The molecular weight excluding hydrogens is 299 g/mol. The van der Waals surface area contributed by atoms with Gasteiger partial charge in [-0.15, -0.1) is 0 Å². The maximum atomic E-state index is 13.3. The number of aromatic nitrogens is 2. The molecule has 1 aliphatic rings. The number of H-pyrrole nitrogens is 1. The van der Waals surface area contributed by atoms with Crippen LogP contribution in [0.15, 0.2) is 27.5 Å². The van der Waals surface area contributed by atoms with Gasteiger partial charge >= 0.3 is 0 Å². The number of aromatic amines is 1. The van der Waals surface area contributed by atoms with E-state index in [2.05, 4.69) is 25.9 Å². The molecule has 1 aliphatic carbocycles. The van der Waals surface area contributed by atoms with Crippen molar-refractivity contribution in [1.29, 1.82) is 0 Å². The Bertz CT molecular complexity index is 661. The van der Waals surface area contributed by atoms with Crippen LogP contribution >= 0.6 is 15.9 Å². The van der Waals surface area contributed by atoms with Gasteiger partial charge < -0.3 is 4.98 Å². The number of fused-ring (bicyclic) bond motifs is 1. The summed E-state index contributed by atoms with van der Waals surface area (Å²) in [4.78, 5) is 19.0. The molecule has 0 spiro atoms. The lowest BCUT2D eigenvalue weighted by atomic mass is 10.2. The molecule has 18 heavy (non-hydrogen) atoms. The van der Waals surface area contributed by atoms with Crippen LogP contribution in [0.1, 0.15) is 17.7 Å². The summed E-state index contributed by atoms with van der Waals surface area (Å²) in [6, 6.07) is 4.47. The highest BCUT2D eigenvalue weighted by atomic mass is 79.9. The minimum Gasteiger partial charge on any atom is -0.306 e. The van der Waals surface area contributed by atoms with Crippen LogP contribution in [0.2, 0.25) is 0 Å². The van der Waals surface area contributed by atoms with Crippen LogP contribution < -0.4 is 5.56 Å². The fourth-order valence-electron chi connectivity index (χ4n) is 2.27. The first kappa shape index (κ1) is 11.6. The molecule has 0 saturated heterocycles. The van der Waals surface area contributed by atoms with Gasteiger partial charge in [-0.2, -0.15) is 0 Å². The molecule has 5 heteroatoms. The zero-order chi connectivity index (χ0) is 12.7. The number of aryl methyl sites for hydroxylation is 1. The van der Waals surface area contributed by atoms with Crippen LogP contribution in [-0.2, 0) is 12.8 Å². The van der Waals surface area contributed by atoms with Gasteiger partial charge in [-0.05, 0) is 37.5 Å².